The van der Waals surface area contributed by atoms with Crippen molar-refractivity contribution >= 4 is 62.7 Å². The van der Waals surface area contributed by atoms with Crippen molar-refractivity contribution in [3.8, 4) is 0 Å². The van der Waals surface area contributed by atoms with E-state index in [1.165, 1.54) is 0 Å². The average Bonchev–Trinajstić information content (AvgIpc) is 3.76. The molecule has 0 saturated heterocycles. The van der Waals surface area contributed by atoms with Crippen LogP contribution in [0.3, 0.4) is 0 Å². The molecule has 3 aromatic carbocycles. The molecule has 0 aliphatic heterocycles. The molecular weight excluding hydrogens is 775 g/mol. The third kappa shape index (κ3) is 9.71. The molecule has 296 valence electrons. The van der Waals surface area contributed by atoms with Gasteiger partial charge in [-0.1, -0.05) is 36.4 Å². The minimum Gasteiger partial charge on any atom is -0.369 e. The number of hydrogen-bond donors (Lipinski definition) is 3. The van der Waals surface area contributed by atoms with Crippen LogP contribution < -0.4 is 16.4 Å². The summed E-state index contributed by atoms with van der Waals surface area (Å²) in [5.41, 5.74) is 11.0. The Hall–Kier alpha value is -7.78. The van der Waals surface area contributed by atoms with Crippen LogP contribution in [0.15, 0.2) is 91.0 Å². The van der Waals surface area contributed by atoms with Crippen molar-refractivity contribution in [3.05, 3.63) is 133 Å². The molecule has 0 aliphatic carbocycles. The molecule has 0 amide bonds. The summed E-state index contributed by atoms with van der Waals surface area (Å²) in [7, 11) is 5.49. The first kappa shape index (κ1) is 39.9. The molecule has 4 N–H and O–H groups in total. The van der Waals surface area contributed by atoms with Crippen LogP contribution in [0, 0.1) is 41.9 Å². The van der Waals surface area contributed by atoms with Gasteiger partial charge in [0, 0.05) is 39.3 Å². The van der Waals surface area contributed by atoms with Crippen molar-refractivity contribution in [3.63, 3.8) is 0 Å². The van der Waals surface area contributed by atoms with Crippen molar-refractivity contribution in [1.29, 1.82) is 0 Å². The van der Waals surface area contributed by atoms with E-state index in [9.17, 15) is 30.7 Å². The number of nitrogen functional groups attached to an aromatic ring is 1. The number of fused-ring (bicyclic) bond motifs is 3. The normalized spacial score (nSPS) is 10.7. The number of benzene rings is 3. The van der Waals surface area contributed by atoms with E-state index in [0.29, 0.717) is 30.0 Å². The lowest BCUT2D eigenvalue weighted by molar-refractivity contribution is 0.438. The number of anilines is 5. The summed E-state index contributed by atoms with van der Waals surface area (Å²) in [6.07, 6.45) is -2.52. The topological polar surface area (TPSA) is 181 Å². The number of nitrogens with two attached hydrogens (primary N) is 1. The summed E-state index contributed by atoms with van der Waals surface area (Å²) >= 11 is 0. The maximum absolute atomic E-state index is 13.0. The van der Waals surface area contributed by atoms with Gasteiger partial charge in [-0.2, -0.15) is 60.6 Å². The van der Waals surface area contributed by atoms with Crippen LogP contribution >= 0.6 is 0 Å². The number of hydrogen-bond acceptors (Lipinski definition) is 12. The van der Waals surface area contributed by atoms with Crippen molar-refractivity contribution < 1.29 is 30.7 Å². The zero-order valence-electron chi connectivity index (χ0n) is 30.2. The fraction of sp³-hybridized carbons (Fsp3) is 0.0833. The number of aryl methyl sites for hydroxylation is 3. The first-order valence-corrected chi connectivity index (χ1v) is 16.5. The molecule has 22 heteroatoms. The maximum atomic E-state index is 13.0. The van der Waals surface area contributed by atoms with Gasteiger partial charge in [-0.05, 0) is 36.4 Å². The number of nitrogens with one attached hydrogen (secondary N) is 2. The monoisotopic (exact) mass is 803 g/mol. The molecule has 6 aromatic heterocycles. The summed E-state index contributed by atoms with van der Waals surface area (Å²) in [5, 5.41) is 5.46. The Morgan fingerprint density at radius 3 is 1.24 bits per heavy atom. The molecule has 6 heterocycles. The lowest BCUT2D eigenvalue weighted by atomic mass is 10.3. The fourth-order valence-corrected chi connectivity index (χ4v) is 5.16. The van der Waals surface area contributed by atoms with Gasteiger partial charge in [0.15, 0.2) is 0 Å². The summed E-state index contributed by atoms with van der Waals surface area (Å²) in [4.78, 5) is 31.2. The van der Waals surface area contributed by atoms with E-state index in [0.717, 1.165) is 39.2 Å². The molecule has 0 unspecified atom stereocenters. The van der Waals surface area contributed by atoms with E-state index in [-0.39, 0.29) is 11.8 Å². The highest BCUT2D eigenvalue weighted by Crippen LogP contribution is 2.22. The Labute approximate surface area is 322 Å². The van der Waals surface area contributed by atoms with Crippen molar-refractivity contribution in [2.75, 3.05) is 16.4 Å². The van der Waals surface area contributed by atoms with Gasteiger partial charge < -0.3 is 24.8 Å². The lowest BCUT2D eigenvalue weighted by Gasteiger charge is -2.05. The Balaban J connectivity index is 0.000000136. The number of rotatable bonds is 4. The van der Waals surface area contributed by atoms with Gasteiger partial charge in [0.05, 0.1) is 33.1 Å². The van der Waals surface area contributed by atoms with Crippen molar-refractivity contribution in [1.82, 2.24) is 58.6 Å². The minimum absolute atomic E-state index is 0.0170. The van der Waals surface area contributed by atoms with Crippen molar-refractivity contribution in [2.45, 2.75) is 0 Å². The van der Waals surface area contributed by atoms with E-state index in [1.54, 1.807) is 23.2 Å². The smallest absolute Gasteiger partial charge is 0.313 e. The van der Waals surface area contributed by atoms with Gasteiger partial charge in [-0.25, -0.2) is 15.0 Å². The molecule has 0 radical (unpaired) electrons. The number of para-hydroxylation sites is 6. The third-order valence-corrected chi connectivity index (χ3v) is 7.83. The molecule has 9 aromatic rings. The van der Waals surface area contributed by atoms with Gasteiger partial charge in [0.2, 0.25) is 53.5 Å². The van der Waals surface area contributed by atoms with E-state index >= 15 is 0 Å². The molecule has 0 saturated carbocycles. The quantitative estimate of drug-likeness (QED) is 0.0962. The average molecular weight is 804 g/mol. The lowest BCUT2D eigenvalue weighted by Crippen LogP contribution is -2.05. The second-order valence-corrected chi connectivity index (χ2v) is 11.7. The second-order valence-electron chi connectivity index (χ2n) is 11.7. The molecule has 0 spiro atoms. The van der Waals surface area contributed by atoms with Crippen LogP contribution in [0.25, 0.3) is 33.1 Å². The van der Waals surface area contributed by atoms with Crippen LogP contribution in [0.2, 0.25) is 0 Å². The van der Waals surface area contributed by atoms with Gasteiger partial charge >= 0.3 is 12.2 Å². The highest BCUT2D eigenvalue weighted by atomic mass is 19.2. The predicted molar refractivity (Wildman–Crippen MR) is 199 cm³/mol. The molecule has 0 atom stereocenters. The van der Waals surface area contributed by atoms with Crippen LogP contribution in [0.4, 0.5) is 60.3 Å². The zero-order chi connectivity index (χ0) is 41.5. The van der Waals surface area contributed by atoms with E-state index < -0.39 is 41.9 Å². The van der Waals surface area contributed by atoms with E-state index in [1.807, 2.05) is 84.4 Å². The molecular formula is C36H28F7N15. The Morgan fingerprint density at radius 1 is 0.431 bits per heavy atom. The van der Waals surface area contributed by atoms with E-state index in [2.05, 4.69) is 55.5 Å². The summed E-state index contributed by atoms with van der Waals surface area (Å²) in [6, 6.07) is 24.9. The number of imidazole rings is 3. The molecule has 9 rings (SSSR count). The van der Waals surface area contributed by atoms with E-state index in [4.69, 9.17) is 5.73 Å². The standard InChI is InChI=1S/2C12H9F2N5.C8H9N3.C4HF3N2/c1-19-8-5-3-2-4-7(8)15-12(19)18-10-6-9(13)16-11(14)17-10;1-19-8-5-3-2-4-7(8)15-12(19)18-11-16-9(13)6-10(14)17-11;1-11-7-5-3-2-4-6(7)10-8(11)9;5-2-1-3(6)9-4(7)8-2/h2*2-6H,1H3,(H,15,16,17,18);2-5H,1H3,(H2,9,10);1H. The Kier molecular flexibility index (Phi) is 11.9. The highest BCUT2D eigenvalue weighted by molar-refractivity contribution is 5.80. The van der Waals surface area contributed by atoms with Gasteiger partial charge in [-0.15, -0.1) is 0 Å². The Bertz CT molecular complexity index is 2640. The van der Waals surface area contributed by atoms with Gasteiger partial charge in [-0.3, -0.25) is 5.32 Å². The molecule has 0 aliphatic rings. The van der Waals surface area contributed by atoms with Gasteiger partial charge in [0.25, 0.3) is 0 Å². The SMILES string of the molecule is Cn1c(N)nc2ccccc21.Cn1c(Nc2cc(F)nc(F)n2)nc2ccccc21.Cn1c(Nc2nc(F)cc(F)n2)nc2ccccc21.Fc1cc(F)nc(F)n1. The van der Waals surface area contributed by atoms with Crippen molar-refractivity contribution in [2.24, 2.45) is 21.1 Å². The highest BCUT2D eigenvalue weighted by Gasteiger charge is 2.12. The van der Waals surface area contributed by atoms with Crippen LogP contribution in [-0.2, 0) is 21.1 Å². The summed E-state index contributed by atoms with van der Waals surface area (Å²) in [6.45, 7) is 0. The summed E-state index contributed by atoms with van der Waals surface area (Å²) in [5.74, 6) is -3.97. The third-order valence-electron chi connectivity index (χ3n) is 7.83. The predicted octanol–water partition coefficient (Wildman–Crippen LogP) is 6.82. The number of aromatic nitrogens is 12. The summed E-state index contributed by atoms with van der Waals surface area (Å²) < 4.78 is 92.6. The number of halogens is 7. The Morgan fingerprint density at radius 2 is 0.810 bits per heavy atom. The maximum Gasteiger partial charge on any atom is 0.313 e. The molecule has 58 heavy (non-hydrogen) atoms. The largest absolute Gasteiger partial charge is 0.369 e. The van der Waals surface area contributed by atoms with Crippen LogP contribution in [0.5, 0.6) is 0 Å². The molecule has 15 nitrogen and oxygen atoms in total. The zero-order valence-corrected chi connectivity index (χ0v) is 30.2. The minimum atomic E-state index is -1.40. The second kappa shape index (κ2) is 17.3. The molecule has 0 fully saturated rings. The fourth-order valence-electron chi connectivity index (χ4n) is 5.16. The first-order chi connectivity index (χ1) is 27.7. The van der Waals surface area contributed by atoms with Crippen LogP contribution in [-0.4, -0.2) is 58.6 Å². The van der Waals surface area contributed by atoms with Crippen LogP contribution in [0.1, 0.15) is 0 Å². The number of nitrogens with zero attached hydrogens (tertiary/aromatic N) is 12. The van der Waals surface area contributed by atoms with Gasteiger partial charge in [0.1, 0.15) is 5.82 Å². The molecule has 0 bridgehead atoms. The first-order valence-electron chi connectivity index (χ1n) is 16.5.